The van der Waals surface area contributed by atoms with Gasteiger partial charge in [-0.15, -0.1) is 0 Å². The fourth-order valence-corrected chi connectivity index (χ4v) is 7.82. The molecule has 25 heteroatoms. The Labute approximate surface area is 435 Å². The van der Waals surface area contributed by atoms with Gasteiger partial charge in [0.1, 0.15) is 9.81 Å². The number of fused-ring (bicyclic) bond motifs is 2. The zero-order valence-electron chi connectivity index (χ0n) is 35.8. The third-order valence-corrected chi connectivity index (χ3v) is 11.5. The summed E-state index contributed by atoms with van der Waals surface area (Å²) in [5.74, 6) is -3.71. The van der Waals surface area contributed by atoms with Crippen molar-refractivity contribution in [3.05, 3.63) is 165 Å². The summed E-state index contributed by atoms with van der Waals surface area (Å²) in [5, 5.41) is 42.8. The molecule has 0 atom stereocenters. The van der Waals surface area contributed by atoms with Crippen molar-refractivity contribution in [2.75, 3.05) is 27.0 Å². The minimum atomic E-state index is -5.01. The first kappa shape index (κ1) is 51.5. The summed E-state index contributed by atoms with van der Waals surface area (Å²) < 4.78 is 70.4. The molecule has 0 saturated carbocycles. The Kier molecular flexibility index (Phi) is 15.8. The zero-order valence-corrected chi connectivity index (χ0v) is 41.4. The molecule has 8 rings (SSSR count). The SMILES string of the molecule is O=C1C=CC(=NNc2ccc(NN=C3C(=O)c4ccc(Nc5ccc6c(c5)C=C(S(=O)(=O)O)C(=NNc5ccc(NN=C7C=CC(=O)C=C7[O-])cc5)C6=O)cc4C=C3S(=O)(=O)O)cc2)C([O-])=C1.[Na+].[Na+]. The number of nitrogens with one attached hydrogen (secondary N) is 5. The molecule has 4 aliphatic carbocycles. The number of ketones is 4. The van der Waals surface area contributed by atoms with E-state index in [0.717, 1.165) is 24.3 Å². The second-order valence-corrected chi connectivity index (χ2v) is 17.1. The molecule has 4 aromatic rings. The topological polar surface area (TPSA) is 333 Å². The van der Waals surface area contributed by atoms with Crippen molar-refractivity contribution in [3.8, 4) is 0 Å². The van der Waals surface area contributed by atoms with Crippen molar-refractivity contribution in [2.24, 2.45) is 20.4 Å². The molecule has 0 amide bonds. The number of Topliss-reactive ketones (excluding diaryl/α,β-unsaturated/α-hetero) is 2. The van der Waals surface area contributed by atoms with Crippen LogP contribution < -0.4 is 96.3 Å². The Morgan fingerprint density at radius 1 is 0.435 bits per heavy atom. The molecule has 4 aromatic carbocycles. The van der Waals surface area contributed by atoms with E-state index in [9.17, 15) is 55.3 Å². The average molecular weight is 986 g/mol. The fraction of sp³-hybridized carbons (Fsp3) is 0. The minimum Gasteiger partial charge on any atom is -0.871 e. The second-order valence-electron chi connectivity index (χ2n) is 14.4. The Bertz CT molecular complexity index is 3190. The van der Waals surface area contributed by atoms with Crippen LogP contribution in [-0.2, 0) is 29.8 Å². The van der Waals surface area contributed by atoms with E-state index in [0.29, 0.717) is 34.1 Å². The van der Waals surface area contributed by atoms with Crippen LogP contribution in [0.15, 0.2) is 163 Å². The number of hydrogen-bond acceptors (Lipinski definition) is 19. The van der Waals surface area contributed by atoms with E-state index >= 15 is 0 Å². The van der Waals surface area contributed by atoms with Gasteiger partial charge in [0.2, 0.25) is 11.6 Å². The first-order valence-electron chi connectivity index (χ1n) is 19.2. The molecule has 69 heavy (non-hydrogen) atoms. The van der Waals surface area contributed by atoms with Crippen molar-refractivity contribution in [2.45, 2.75) is 0 Å². The molecule has 0 bridgehead atoms. The molecule has 21 nitrogen and oxygen atoms in total. The summed E-state index contributed by atoms with van der Waals surface area (Å²) in [6.07, 6.45) is 8.85. The van der Waals surface area contributed by atoms with Gasteiger partial charge in [-0.05, 0) is 145 Å². The van der Waals surface area contributed by atoms with Gasteiger partial charge in [0.25, 0.3) is 20.2 Å². The Morgan fingerprint density at radius 3 is 1.07 bits per heavy atom. The van der Waals surface area contributed by atoms with Crippen LogP contribution in [0.5, 0.6) is 0 Å². The molecular formula is C44H29N9Na2O12S2. The molecule has 7 N–H and O–H groups in total. The normalized spacial score (nSPS) is 17.7. The third-order valence-electron chi connectivity index (χ3n) is 9.74. The molecule has 0 heterocycles. The summed E-state index contributed by atoms with van der Waals surface area (Å²) in [5.41, 5.74) is 11.7. The monoisotopic (exact) mass is 985 g/mol. The van der Waals surface area contributed by atoms with Crippen LogP contribution in [0.2, 0.25) is 0 Å². The molecule has 336 valence electrons. The molecular weight excluding hydrogens is 957 g/mol. The van der Waals surface area contributed by atoms with Crippen molar-refractivity contribution < 1.29 is 114 Å². The van der Waals surface area contributed by atoms with Crippen LogP contribution in [-0.4, -0.2) is 71.9 Å². The van der Waals surface area contributed by atoms with E-state index in [-0.39, 0.29) is 92.8 Å². The van der Waals surface area contributed by atoms with E-state index in [4.69, 9.17) is 0 Å². The number of hydrogen-bond donors (Lipinski definition) is 7. The standard InChI is InChI=1S/C44H31N9O12S2.2Na/c54-31-11-15-35(37(56)21-31)50-46-25-1-5-27(6-2-25)48-52-41-39(66(60,61)62)19-23-17-29(9-13-33(23)43(41)58)45-30-10-14-34-24(18-30)20-40(67(63,64)65)42(44(34)59)53-49-28-7-3-26(4-8-28)47-51-36-16-12-32(55)22-38(36)57;;/h1-22,45-49,56-57H,(H,60,61,62)(H,63,64,65);;/q;2*+1/p-2. The van der Waals surface area contributed by atoms with Gasteiger partial charge in [-0.25, -0.2) is 0 Å². The number of rotatable bonds is 12. The van der Waals surface area contributed by atoms with E-state index in [1.807, 2.05) is 0 Å². The van der Waals surface area contributed by atoms with Crippen LogP contribution in [0.25, 0.3) is 12.2 Å². The molecule has 0 aliphatic heterocycles. The average Bonchev–Trinajstić information content (AvgIpc) is 3.27. The van der Waals surface area contributed by atoms with Gasteiger partial charge in [0.15, 0.2) is 23.0 Å². The summed E-state index contributed by atoms with van der Waals surface area (Å²) in [7, 11) is -10.0. The molecule has 0 fully saturated rings. The number of anilines is 6. The predicted molar refractivity (Wildman–Crippen MR) is 245 cm³/mol. The zero-order chi connectivity index (χ0) is 47.6. The molecule has 0 aromatic heterocycles. The number of benzene rings is 4. The van der Waals surface area contributed by atoms with E-state index in [2.05, 4.69) is 47.4 Å². The maximum atomic E-state index is 13.6. The number of nitrogens with zero attached hydrogens (tertiary/aromatic N) is 4. The molecule has 4 aliphatic rings. The van der Waals surface area contributed by atoms with Gasteiger partial charge in [-0.3, -0.25) is 50.0 Å². The van der Waals surface area contributed by atoms with Crippen LogP contribution in [0.1, 0.15) is 31.8 Å². The van der Waals surface area contributed by atoms with Gasteiger partial charge in [0, 0.05) is 22.5 Å². The quantitative estimate of drug-likeness (QED) is 0.0335. The van der Waals surface area contributed by atoms with Crippen molar-refractivity contribution in [1.29, 1.82) is 0 Å². The minimum absolute atomic E-state index is 0. The van der Waals surface area contributed by atoms with Gasteiger partial charge in [-0.2, -0.15) is 37.2 Å². The summed E-state index contributed by atoms with van der Waals surface area (Å²) in [4.78, 5) is 48.3. The summed E-state index contributed by atoms with van der Waals surface area (Å²) in [6.45, 7) is 0. The van der Waals surface area contributed by atoms with Crippen molar-refractivity contribution in [1.82, 2.24) is 0 Å². The Balaban J connectivity index is 0.00000391. The molecule has 0 unspecified atom stereocenters. The maximum absolute atomic E-state index is 13.6. The van der Waals surface area contributed by atoms with Crippen molar-refractivity contribution >= 4 is 112 Å². The van der Waals surface area contributed by atoms with Crippen LogP contribution in [0.4, 0.5) is 34.1 Å². The summed E-state index contributed by atoms with van der Waals surface area (Å²) in [6, 6.07) is 20.7. The van der Waals surface area contributed by atoms with Gasteiger partial charge in [0.05, 0.1) is 34.2 Å². The first-order valence-corrected chi connectivity index (χ1v) is 22.1. The maximum Gasteiger partial charge on any atom is 1.00 e. The van der Waals surface area contributed by atoms with E-state index < -0.39 is 76.1 Å². The van der Waals surface area contributed by atoms with Crippen LogP contribution in [0, 0.1) is 0 Å². The smallest absolute Gasteiger partial charge is 0.871 e. The molecule has 0 spiro atoms. The predicted octanol–water partition coefficient (Wildman–Crippen LogP) is -2.47. The Morgan fingerprint density at radius 2 is 0.754 bits per heavy atom. The number of carbonyl (C=O) groups excluding carboxylic acids is 4. The molecule has 0 saturated heterocycles. The fourth-order valence-electron chi connectivity index (χ4n) is 6.51. The van der Waals surface area contributed by atoms with E-state index in [1.165, 1.54) is 109 Å². The van der Waals surface area contributed by atoms with Gasteiger partial charge >= 0.3 is 59.1 Å². The van der Waals surface area contributed by atoms with Gasteiger partial charge in [-0.1, -0.05) is 11.5 Å². The van der Waals surface area contributed by atoms with Crippen LogP contribution in [0.3, 0.4) is 0 Å². The number of allylic oxidation sites excluding steroid dienone is 8. The van der Waals surface area contributed by atoms with Gasteiger partial charge < -0.3 is 15.5 Å². The molecule has 0 radical (unpaired) electrons. The largest absolute Gasteiger partial charge is 1.00 e. The number of hydrazone groups is 4. The first-order chi connectivity index (χ1) is 31.9. The van der Waals surface area contributed by atoms with E-state index in [1.54, 1.807) is 0 Å². The second kappa shape index (κ2) is 21.2. The number of carbonyl (C=O) groups is 4. The third kappa shape index (κ3) is 12.0. The summed E-state index contributed by atoms with van der Waals surface area (Å²) >= 11 is 0. The van der Waals surface area contributed by atoms with Crippen LogP contribution >= 0.6 is 0 Å². The Hall–Kier alpha value is -6.90. The van der Waals surface area contributed by atoms with Crippen molar-refractivity contribution in [3.63, 3.8) is 0 Å².